The molecule has 0 aliphatic heterocycles. The number of fused-ring (bicyclic) bond motifs is 3. The van der Waals surface area contributed by atoms with E-state index >= 15 is 0 Å². The minimum Gasteiger partial charge on any atom is -0.508 e. The van der Waals surface area contributed by atoms with E-state index in [-0.39, 0.29) is 23.1 Å². The maximum absolute atomic E-state index is 14.7. The highest BCUT2D eigenvalue weighted by Gasteiger charge is 2.64. The summed E-state index contributed by atoms with van der Waals surface area (Å²) >= 11 is 0. The number of halogens is 1. The molecule has 0 spiro atoms. The Hall–Kier alpha value is -3.04. The Labute approximate surface area is 183 Å². The number of carbonyl (C=O) groups is 3. The zero-order valence-electron chi connectivity index (χ0n) is 18.0. The van der Waals surface area contributed by atoms with Crippen molar-refractivity contribution in [3.63, 3.8) is 0 Å². The molecule has 1 unspecified atom stereocenters. The van der Waals surface area contributed by atoms with Crippen LogP contribution in [0.25, 0.3) is 5.76 Å². The Bertz CT molecular complexity index is 1150. The molecule has 0 heterocycles. The van der Waals surface area contributed by atoms with Crippen molar-refractivity contribution >= 4 is 23.1 Å². The summed E-state index contributed by atoms with van der Waals surface area (Å²) in [6.45, 7) is 2.68. The predicted octanol–water partition coefficient (Wildman–Crippen LogP) is 1.77. The molecule has 5 atom stereocenters. The summed E-state index contributed by atoms with van der Waals surface area (Å²) in [5.74, 6) is -8.06. The molecule has 1 aromatic carbocycles. The van der Waals surface area contributed by atoms with Gasteiger partial charge in [-0.1, -0.05) is 6.92 Å². The van der Waals surface area contributed by atoms with Gasteiger partial charge in [0.1, 0.15) is 28.7 Å². The van der Waals surface area contributed by atoms with E-state index in [2.05, 4.69) is 0 Å². The van der Waals surface area contributed by atoms with E-state index in [0.29, 0.717) is 0 Å². The van der Waals surface area contributed by atoms with Gasteiger partial charge in [0, 0.05) is 17.1 Å². The summed E-state index contributed by atoms with van der Waals surface area (Å²) in [6.07, 6.45) is -0.0544. The quantitative estimate of drug-likeness (QED) is 0.506. The standard InChI is InChI=1S/C23H24FNO7/c1-8-10-7-11-18(25(3)4)20(29)15(9(2)26)21(30)23(11,32)22(31)16(10)19(28)17-13(27)6-5-12(24)14(8)17/h5-6,8,10-11,18,27-28,30,32H,7H2,1-4H3/t8?,10-,11+,18+,23-/m1/s1. The summed E-state index contributed by atoms with van der Waals surface area (Å²) in [5, 5.41) is 43.5. The number of aliphatic hydroxyl groups excluding tert-OH is 2. The van der Waals surface area contributed by atoms with Crippen LogP contribution in [-0.4, -0.2) is 68.4 Å². The first-order valence-corrected chi connectivity index (χ1v) is 10.2. The lowest BCUT2D eigenvalue weighted by atomic mass is 9.55. The molecule has 0 amide bonds. The van der Waals surface area contributed by atoms with E-state index in [9.17, 15) is 39.2 Å². The van der Waals surface area contributed by atoms with Crippen LogP contribution < -0.4 is 0 Å². The second-order valence-corrected chi connectivity index (χ2v) is 9.00. The normalized spacial score (nSPS) is 32.1. The fourth-order valence-corrected chi connectivity index (χ4v) is 5.67. The molecular weight excluding hydrogens is 421 g/mol. The second kappa shape index (κ2) is 6.98. The van der Waals surface area contributed by atoms with Crippen LogP contribution in [0.2, 0.25) is 0 Å². The SMILES string of the molecule is CC(=O)C1=C(O)[C@@]2(O)C(=O)C3=C(O)c4c(O)ccc(F)c4C(C)[C@H]3C[C@H]2[C@H](N(C)C)C1=O. The van der Waals surface area contributed by atoms with Crippen LogP contribution in [0.15, 0.2) is 29.0 Å². The molecule has 1 fully saturated rings. The molecule has 1 aromatic rings. The van der Waals surface area contributed by atoms with Crippen LogP contribution in [0.5, 0.6) is 5.75 Å². The summed E-state index contributed by atoms with van der Waals surface area (Å²) in [5.41, 5.74) is -3.78. The Morgan fingerprint density at radius 1 is 1.19 bits per heavy atom. The number of aromatic hydroxyl groups is 1. The maximum Gasteiger partial charge on any atom is 0.202 e. The largest absolute Gasteiger partial charge is 0.508 e. The number of phenolic OH excluding ortho intramolecular Hbond substituents is 1. The van der Waals surface area contributed by atoms with Gasteiger partial charge in [-0.05, 0) is 51.4 Å². The van der Waals surface area contributed by atoms with Gasteiger partial charge in [-0.3, -0.25) is 19.3 Å². The van der Waals surface area contributed by atoms with Crippen molar-refractivity contribution < 1.29 is 39.2 Å². The number of Topliss-reactive ketones (excluding diaryl/α,β-unsaturated/α-hetero) is 3. The number of rotatable bonds is 2. The summed E-state index contributed by atoms with van der Waals surface area (Å²) in [4.78, 5) is 40.3. The molecule has 8 nitrogen and oxygen atoms in total. The van der Waals surface area contributed by atoms with Crippen LogP contribution in [0, 0.1) is 17.7 Å². The van der Waals surface area contributed by atoms with Crippen LogP contribution >= 0.6 is 0 Å². The predicted molar refractivity (Wildman–Crippen MR) is 110 cm³/mol. The van der Waals surface area contributed by atoms with Gasteiger partial charge in [0.15, 0.2) is 17.2 Å². The summed E-state index contributed by atoms with van der Waals surface area (Å²) in [6, 6.07) is 1.00. The van der Waals surface area contributed by atoms with Crippen LogP contribution in [0.1, 0.15) is 37.3 Å². The molecule has 32 heavy (non-hydrogen) atoms. The van der Waals surface area contributed by atoms with E-state index in [4.69, 9.17) is 0 Å². The molecule has 170 valence electrons. The van der Waals surface area contributed by atoms with Crippen molar-refractivity contribution in [2.45, 2.75) is 37.8 Å². The lowest BCUT2D eigenvalue weighted by Gasteiger charge is -2.51. The Morgan fingerprint density at radius 2 is 1.81 bits per heavy atom. The minimum atomic E-state index is -2.64. The minimum absolute atomic E-state index is 0.0298. The first-order valence-electron chi connectivity index (χ1n) is 10.2. The highest BCUT2D eigenvalue weighted by molar-refractivity contribution is 6.25. The van der Waals surface area contributed by atoms with Crippen molar-refractivity contribution in [3.05, 3.63) is 46.0 Å². The van der Waals surface area contributed by atoms with E-state index < -0.39 is 75.4 Å². The first kappa shape index (κ1) is 22.2. The van der Waals surface area contributed by atoms with E-state index in [1.54, 1.807) is 21.0 Å². The number of carbonyl (C=O) groups excluding carboxylic acids is 3. The van der Waals surface area contributed by atoms with Crippen molar-refractivity contribution in [1.29, 1.82) is 0 Å². The zero-order valence-corrected chi connectivity index (χ0v) is 18.0. The number of hydrogen-bond donors (Lipinski definition) is 4. The van der Waals surface area contributed by atoms with E-state index in [0.717, 1.165) is 19.1 Å². The Balaban J connectivity index is 2.03. The van der Waals surface area contributed by atoms with Crippen molar-refractivity contribution in [2.24, 2.45) is 11.8 Å². The number of nitrogens with zero attached hydrogens (tertiary/aromatic N) is 1. The number of likely N-dealkylation sites (N-methyl/N-ethyl adjacent to an activating group) is 1. The second-order valence-electron chi connectivity index (χ2n) is 9.00. The molecule has 9 heteroatoms. The van der Waals surface area contributed by atoms with E-state index in [1.807, 2.05) is 0 Å². The molecule has 1 saturated carbocycles. The topological polar surface area (TPSA) is 135 Å². The molecule has 0 bridgehead atoms. The Kier molecular flexibility index (Phi) is 4.83. The molecule has 0 aromatic heterocycles. The van der Waals surface area contributed by atoms with Gasteiger partial charge in [0.25, 0.3) is 0 Å². The lowest BCUT2D eigenvalue weighted by Crippen LogP contribution is -2.65. The van der Waals surface area contributed by atoms with Gasteiger partial charge in [0.2, 0.25) is 5.78 Å². The molecule has 0 saturated heterocycles. The smallest absolute Gasteiger partial charge is 0.202 e. The molecule has 3 aliphatic carbocycles. The fourth-order valence-electron chi connectivity index (χ4n) is 5.67. The first-order chi connectivity index (χ1) is 14.8. The number of benzene rings is 1. The highest BCUT2D eigenvalue weighted by Crippen LogP contribution is 2.56. The third-order valence-electron chi connectivity index (χ3n) is 7.13. The van der Waals surface area contributed by atoms with Gasteiger partial charge in [-0.2, -0.15) is 0 Å². The third-order valence-corrected chi connectivity index (χ3v) is 7.13. The van der Waals surface area contributed by atoms with Gasteiger partial charge in [0.05, 0.1) is 11.6 Å². The van der Waals surface area contributed by atoms with Gasteiger partial charge >= 0.3 is 0 Å². The van der Waals surface area contributed by atoms with Crippen LogP contribution in [0.4, 0.5) is 4.39 Å². The summed E-state index contributed by atoms with van der Waals surface area (Å²) < 4.78 is 14.7. The number of phenols is 1. The Morgan fingerprint density at radius 3 is 2.38 bits per heavy atom. The van der Waals surface area contributed by atoms with Gasteiger partial charge in [-0.15, -0.1) is 0 Å². The average Bonchev–Trinajstić information content (AvgIpc) is 2.69. The molecule has 4 rings (SSSR count). The molecular formula is C23H24FNO7. The van der Waals surface area contributed by atoms with Gasteiger partial charge in [-0.25, -0.2) is 4.39 Å². The third kappa shape index (κ3) is 2.58. The fraction of sp³-hybridized carbons (Fsp3) is 0.435. The van der Waals surface area contributed by atoms with Crippen molar-refractivity contribution in [3.8, 4) is 5.75 Å². The lowest BCUT2D eigenvalue weighted by molar-refractivity contribution is -0.154. The summed E-state index contributed by atoms with van der Waals surface area (Å²) in [7, 11) is 3.10. The van der Waals surface area contributed by atoms with Crippen LogP contribution in [0.3, 0.4) is 0 Å². The van der Waals surface area contributed by atoms with E-state index in [1.165, 1.54) is 4.90 Å². The number of hydrogen-bond acceptors (Lipinski definition) is 8. The van der Waals surface area contributed by atoms with Crippen molar-refractivity contribution in [2.75, 3.05) is 14.1 Å². The monoisotopic (exact) mass is 445 g/mol. The van der Waals surface area contributed by atoms with Crippen molar-refractivity contribution in [1.82, 2.24) is 4.90 Å². The number of ketones is 3. The molecule has 3 aliphatic rings. The van der Waals surface area contributed by atoms with Gasteiger partial charge < -0.3 is 20.4 Å². The zero-order chi connectivity index (χ0) is 23.9. The van der Waals surface area contributed by atoms with Crippen LogP contribution in [-0.2, 0) is 14.4 Å². The number of aliphatic hydroxyl groups is 3. The molecule has 4 N–H and O–H groups in total. The molecule has 0 radical (unpaired) electrons. The maximum atomic E-state index is 14.7. The average molecular weight is 445 g/mol. The highest BCUT2D eigenvalue weighted by atomic mass is 19.1.